The Kier molecular flexibility index (Phi) is 9.92. The third kappa shape index (κ3) is 9.18. The molecule has 10 nitrogen and oxygen atoms in total. The normalized spacial score (nSPS) is 13.2. The van der Waals surface area contributed by atoms with Gasteiger partial charge in [0.2, 0.25) is 16.8 Å². The number of alkyl carbamates (subject to hydrolysis) is 1. The molecule has 0 aliphatic carbocycles. The maximum atomic E-state index is 13.5. The summed E-state index contributed by atoms with van der Waals surface area (Å²) in [4.78, 5) is 34.8. The zero-order valence-electron chi connectivity index (χ0n) is 22.1. The molecular weight excluding hydrogens is 526 g/mol. The van der Waals surface area contributed by atoms with Gasteiger partial charge >= 0.3 is 6.09 Å². The van der Waals surface area contributed by atoms with E-state index in [0.717, 1.165) is 16.1 Å². The molecule has 0 bridgehead atoms. The van der Waals surface area contributed by atoms with E-state index in [1.807, 2.05) is 31.4 Å². The summed E-state index contributed by atoms with van der Waals surface area (Å²) in [7, 11) is -2.76. The van der Waals surface area contributed by atoms with Crippen LogP contribution in [-0.2, 0) is 26.8 Å². The number of nitrogens with zero attached hydrogens (tertiary/aromatic N) is 1. The average molecular weight is 562 g/mol. The molecule has 0 unspecified atom stereocenters. The summed E-state index contributed by atoms with van der Waals surface area (Å²) in [5, 5.41) is 7.73. The third-order valence-electron chi connectivity index (χ3n) is 5.35. The molecule has 0 aliphatic rings. The van der Waals surface area contributed by atoms with Gasteiger partial charge in [0.05, 0.1) is 16.6 Å². The minimum Gasteiger partial charge on any atom is -0.444 e. The topological polar surface area (TPSA) is 142 Å². The molecule has 2 atom stereocenters. The van der Waals surface area contributed by atoms with Crippen molar-refractivity contribution < 1.29 is 22.7 Å². The Balaban J connectivity index is 1.84. The molecule has 206 valence electrons. The predicted molar refractivity (Wildman–Crippen MR) is 149 cm³/mol. The van der Waals surface area contributed by atoms with Crippen LogP contribution in [0.5, 0.6) is 0 Å². The molecule has 0 aliphatic heterocycles. The van der Waals surface area contributed by atoms with E-state index in [1.54, 1.807) is 62.6 Å². The van der Waals surface area contributed by atoms with E-state index in [0.29, 0.717) is 24.4 Å². The highest BCUT2D eigenvalue weighted by atomic mass is 32.2. The second kappa shape index (κ2) is 12.9. The number of carbonyl (C=O) groups is 2. The molecule has 2 heterocycles. The molecular formula is C26H35N5O5S2. The van der Waals surface area contributed by atoms with Crippen molar-refractivity contribution in [2.45, 2.75) is 65.1 Å². The van der Waals surface area contributed by atoms with Gasteiger partial charge in [-0.1, -0.05) is 32.0 Å². The number of rotatable bonds is 11. The molecule has 12 heteroatoms. The Morgan fingerprint density at radius 2 is 1.82 bits per heavy atom. The summed E-state index contributed by atoms with van der Waals surface area (Å²) < 4.78 is 29.6. The van der Waals surface area contributed by atoms with Crippen molar-refractivity contribution in [3.05, 3.63) is 59.4 Å². The first kappa shape index (κ1) is 29.2. The van der Waals surface area contributed by atoms with Crippen LogP contribution in [0.2, 0.25) is 0 Å². The summed E-state index contributed by atoms with van der Waals surface area (Å²) in [5.41, 5.74) is 1.37. The van der Waals surface area contributed by atoms with E-state index in [-0.39, 0.29) is 11.8 Å². The number of H-pyrrole nitrogens is 1. The maximum absolute atomic E-state index is 13.5. The number of imidazole rings is 1. The molecule has 3 aromatic rings. The molecule has 2 amide bonds. The number of amides is 2. The van der Waals surface area contributed by atoms with Crippen molar-refractivity contribution in [1.82, 2.24) is 20.6 Å². The van der Waals surface area contributed by atoms with E-state index < -0.39 is 34.7 Å². The number of hydrogen-bond donors (Lipinski definition) is 5. The number of aromatic amines is 1. The van der Waals surface area contributed by atoms with Gasteiger partial charge in [-0.2, -0.15) is 0 Å². The Morgan fingerprint density at radius 3 is 2.39 bits per heavy atom. The van der Waals surface area contributed by atoms with E-state index in [9.17, 15) is 18.0 Å². The van der Waals surface area contributed by atoms with Crippen molar-refractivity contribution >= 4 is 39.9 Å². The zero-order chi connectivity index (χ0) is 27.9. The van der Waals surface area contributed by atoms with Crippen LogP contribution in [0.3, 0.4) is 0 Å². The van der Waals surface area contributed by atoms with Crippen molar-refractivity contribution in [1.29, 1.82) is 0 Å². The Morgan fingerprint density at radius 1 is 1.11 bits per heavy atom. The summed E-state index contributed by atoms with van der Waals surface area (Å²) in [6.07, 6.45) is 1.94. The lowest BCUT2D eigenvalue weighted by atomic mass is 10.0. The van der Waals surface area contributed by atoms with Crippen molar-refractivity contribution in [3.63, 3.8) is 0 Å². The molecule has 0 radical (unpaired) electrons. The average Bonchev–Trinajstić information content (AvgIpc) is 3.49. The molecule has 0 saturated carbocycles. The second-order valence-corrected chi connectivity index (χ2v) is 12.0. The van der Waals surface area contributed by atoms with Crippen LogP contribution in [-0.4, -0.2) is 42.0 Å². The first-order valence-corrected chi connectivity index (χ1v) is 14.3. The van der Waals surface area contributed by atoms with Crippen LogP contribution in [0.25, 0.3) is 10.6 Å². The molecule has 0 spiro atoms. The standard InChI is InChI=1S/C26H35N5O5S2/c1-16(2)13-20(30-25(33)36-26(3,4)5)24(32)29-19(14-17-8-10-18(11-9-17)31-38(34)35)23-27-15-21(28-23)22-7-6-12-37-22/h6-12,15-16,19-20,38H,13-14H2,1-5H3,(H,27,28)(H,29,32)(H,30,33)(H,31,34,35)/t19-,20-/m0/s1. The lowest BCUT2D eigenvalue weighted by Gasteiger charge is -2.26. The van der Waals surface area contributed by atoms with Crippen LogP contribution in [0.15, 0.2) is 48.0 Å². The van der Waals surface area contributed by atoms with E-state index >= 15 is 0 Å². The number of benzene rings is 1. The molecule has 38 heavy (non-hydrogen) atoms. The van der Waals surface area contributed by atoms with Gasteiger partial charge in [-0.05, 0) is 68.7 Å². The number of hydrogen-bond acceptors (Lipinski definition) is 7. The number of carbonyl (C=O) groups excluding carboxylic acids is 2. The second-order valence-electron chi connectivity index (χ2n) is 10.3. The molecule has 0 saturated heterocycles. The van der Waals surface area contributed by atoms with Gasteiger partial charge in [0.1, 0.15) is 17.5 Å². The van der Waals surface area contributed by atoms with E-state index in [2.05, 4.69) is 20.3 Å². The van der Waals surface area contributed by atoms with Crippen LogP contribution >= 0.6 is 11.3 Å². The van der Waals surface area contributed by atoms with Gasteiger partial charge in [0.15, 0.2) is 0 Å². The maximum Gasteiger partial charge on any atom is 0.408 e. The van der Waals surface area contributed by atoms with E-state index in [4.69, 9.17) is 9.72 Å². The monoisotopic (exact) mass is 561 g/mol. The number of thiol groups is 1. The quantitative estimate of drug-likeness (QED) is 0.220. The molecule has 0 fully saturated rings. The molecule has 1 aromatic carbocycles. The zero-order valence-corrected chi connectivity index (χ0v) is 23.8. The fraction of sp³-hybridized carbons (Fsp3) is 0.423. The molecule has 4 N–H and O–H groups in total. The summed E-state index contributed by atoms with van der Waals surface area (Å²) in [5.74, 6) is 0.346. The molecule has 2 aromatic heterocycles. The fourth-order valence-electron chi connectivity index (χ4n) is 3.76. The number of thiophene rings is 1. The number of nitrogens with one attached hydrogen (secondary N) is 4. The van der Waals surface area contributed by atoms with E-state index in [1.165, 1.54) is 0 Å². The Bertz CT molecular complexity index is 1270. The van der Waals surface area contributed by atoms with Crippen LogP contribution in [0, 0.1) is 5.92 Å². The third-order valence-corrected chi connectivity index (χ3v) is 6.68. The highest BCUT2D eigenvalue weighted by molar-refractivity contribution is 7.73. The summed E-state index contributed by atoms with van der Waals surface area (Å²) in [6.45, 7) is 9.23. The number of ether oxygens (including phenoxy) is 1. The summed E-state index contributed by atoms with van der Waals surface area (Å²) >= 11 is 1.56. The largest absolute Gasteiger partial charge is 0.444 e. The highest BCUT2D eigenvalue weighted by Crippen LogP contribution is 2.26. The smallest absolute Gasteiger partial charge is 0.408 e. The van der Waals surface area contributed by atoms with Gasteiger partial charge in [0, 0.05) is 11.9 Å². The Hall–Kier alpha value is -3.38. The lowest BCUT2D eigenvalue weighted by molar-refractivity contribution is -0.124. The van der Waals surface area contributed by atoms with Crippen molar-refractivity contribution in [3.8, 4) is 10.6 Å². The highest BCUT2D eigenvalue weighted by Gasteiger charge is 2.28. The first-order chi connectivity index (χ1) is 17.9. The van der Waals surface area contributed by atoms with Gasteiger partial charge in [-0.3, -0.25) is 9.52 Å². The number of anilines is 1. The van der Waals surface area contributed by atoms with Crippen LogP contribution in [0.1, 0.15) is 58.5 Å². The minimum absolute atomic E-state index is 0.140. The van der Waals surface area contributed by atoms with Gasteiger partial charge in [-0.15, -0.1) is 11.3 Å². The SMILES string of the molecule is CC(C)C[C@H](NC(=O)OC(C)(C)C)C(=O)N[C@@H](Cc1ccc(N[SH](=O)=O)cc1)c1nc(-c2cccs2)c[nH]1. The fourth-order valence-corrected chi connectivity index (χ4v) is 4.81. The molecule has 3 rings (SSSR count). The van der Waals surface area contributed by atoms with Crippen LogP contribution < -0.4 is 15.4 Å². The lowest BCUT2D eigenvalue weighted by Crippen LogP contribution is -2.49. The van der Waals surface area contributed by atoms with Crippen molar-refractivity contribution in [2.75, 3.05) is 4.72 Å². The predicted octanol–water partition coefficient (Wildman–Crippen LogP) is 4.42. The van der Waals surface area contributed by atoms with Crippen LogP contribution in [0.4, 0.5) is 10.5 Å². The van der Waals surface area contributed by atoms with Gasteiger partial charge in [-0.25, -0.2) is 18.2 Å². The van der Waals surface area contributed by atoms with Crippen molar-refractivity contribution in [2.24, 2.45) is 5.92 Å². The van der Waals surface area contributed by atoms with Gasteiger partial charge < -0.3 is 20.4 Å². The first-order valence-electron chi connectivity index (χ1n) is 12.3. The number of aromatic nitrogens is 2. The Labute approximate surface area is 228 Å². The van der Waals surface area contributed by atoms with Gasteiger partial charge in [0.25, 0.3) is 0 Å². The summed E-state index contributed by atoms with van der Waals surface area (Å²) in [6, 6.07) is 9.45. The minimum atomic E-state index is -2.76.